The van der Waals surface area contributed by atoms with E-state index in [1.807, 2.05) is 36.4 Å². The quantitative estimate of drug-likeness (QED) is 0.422. The van der Waals surface area contributed by atoms with Gasteiger partial charge in [0.15, 0.2) is 5.78 Å². The van der Waals surface area contributed by atoms with Gasteiger partial charge in [-0.3, -0.25) is 4.79 Å². The van der Waals surface area contributed by atoms with Crippen molar-refractivity contribution in [3.63, 3.8) is 0 Å². The average Bonchev–Trinajstić information content (AvgIpc) is 2.62. The first-order valence-corrected chi connectivity index (χ1v) is 7.53. The van der Waals surface area contributed by atoms with Gasteiger partial charge in [-0.15, -0.1) is 0 Å². The lowest BCUT2D eigenvalue weighted by Crippen LogP contribution is -2.02. The van der Waals surface area contributed by atoms with Crippen LogP contribution >= 0.6 is 0 Å². The van der Waals surface area contributed by atoms with Crippen LogP contribution in [-0.4, -0.2) is 16.0 Å². The first kappa shape index (κ1) is 15.6. The maximum absolute atomic E-state index is 12.9. The molecule has 0 radical (unpaired) electrons. The van der Waals surface area contributed by atoms with Crippen LogP contribution in [-0.2, 0) is 0 Å². The highest BCUT2D eigenvalue weighted by Crippen LogP contribution is 2.25. The summed E-state index contributed by atoms with van der Waals surface area (Å²) >= 11 is 0. The molecule has 3 heteroatoms. The highest BCUT2D eigenvalue weighted by atomic mass is 16.3. The molecular weight excluding hydrogens is 300 g/mol. The summed E-state index contributed by atoms with van der Waals surface area (Å²) in [5, 5.41) is 18.9. The molecule has 2 N–H and O–H groups in total. The Kier molecular flexibility index (Phi) is 4.43. The molecule has 118 valence electrons. The third-order valence-corrected chi connectivity index (χ3v) is 3.66. The molecule has 0 aliphatic heterocycles. The summed E-state index contributed by atoms with van der Waals surface area (Å²) < 4.78 is 0. The van der Waals surface area contributed by atoms with Crippen molar-refractivity contribution < 1.29 is 15.0 Å². The summed E-state index contributed by atoms with van der Waals surface area (Å²) in [4.78, 5) is 12.9. The number of Topliss-reactive ketones (excluding diaryl/α,β-unsaturated/α-hetero) is 1. The largest absolute Gasteiger partial charge is 0.508 e. The predicted octanol–water partition coefficient (Wildman–Crippen LogP) is 4.52. The van der Waals surface area contributed by atoms with E-state index in [1.54, 1.807) is 36.4 Å². The van der Waals surface area contributed by atoms with Crippen LogP contribution < -0.4 is 0 Å². The van der Waals surface area contributed by atoms with Gasteiger partial charge in [0.05, 0.1) is 0 Å². The first-order valence-electron chi connectivity index (χ1n) is 7.53. The molecule has 0 heterocycles. The lowest BCUT2D eigenvalue weighted by molar-refractivity contribution is 0.105. The summed E-state index contributed by atoms with van der Waals surface area (Å²) in [5.74, 6) is 0.115. The van der Waals surface area contributed by atoms with Crippen molar-refractivity contribution in [2.24, 2.45) is 0 Å². The molecule has 0 aliphatic carbocycles. The van der Waals surface area contributed by atoms with Crippen molar-refractivity contribution >= 4 is 17.4 Å². The van der Waals surface area contributed by atoms with Crippen molar-refractivity contribution in [1.29, 1.82) is 0 Å². The molecule has 0 saturated heterocycles. The Morgan fingerprint density at radius 3 is 1.71 bits per heavy atom. The number of aromatic hydroxyl groups is 2. The Labute approximate surface area is 140 Å². The third kappa shape index (κ3) is 3.52. The molecule has 24 heavy (non-hydrogen) atoms. The third-order valence-electron chi connectivity index (χ3n) is 3.66. The minimum absolute atomic E-state index is 0.116. The first-order chi connectivity index (χ1) is 11.6. The molecule has 0 saturated carbocycles. The van der Waals surface area contributed by atoms with Crippen molar-refractivity contribution in [2.75, 3.05) is 0 Å². The number of hydrogen-bond donors (Lipinski definition) is 2. The second-order valence-corrected chi connectivity index (χ2v) is 5.39. The Morgan fingerprint density at radius 2 is 1.17 bits per heavy atom. The van der Waals surface area contributed by atoms with Crippen LogP contribution in [0.15, 0.2) is 78.9 Å². The zero-order chi connectivity index (χ0) is 16.9. The van der Waals surface area contributed by atoms with Gasteiger partial charge in [0, 0.05) is 11.1 Å². The van der Waals surface area contributed by atoms with Gasteiger partial charge in [-0.1, -0.05) is 42.5 Å². The van der Waals surface area contributed by atoms with Crippen molar-refractivity contribution in [1.82, 2.24) is 0 Å². The van der Waals surface area contributed by atoms with Gasteiger partial charge in [-0.05, 0) is 53.6 Å². The van der Waals surface area contributed by atoms with E-state index in [-0.39, 0.29) is 17.3 Å². The molecule has 0 aliphatic rings. The molecule has 0 bridgehead atoms. The molecule has 0 amide bonds. The van der Waals surface area contributed by atoms with Crippen LogP contribution in [0.1, 0.15) is 21.5 Å². The number of rotatable bonds is 4. The topological polar surface area (TPSA) is 57.5 Å². The van der Waals surface area contributed by atoms with Crippen molar-refractivity contribution in [2.45, 2.75) is 0 Å². The molecule has 0 unspecified atom stereocenters. The number of carbonyl (C=O) groups excluding carboxylic acids is 1. The second kappa shape index (κ2) is 6.84. The van der Waals surface area contributed by atoms with E-state index in [0.717, 1.165) is 11.1 Å². The van der Waals surface area contributed by atoms with E-state index in [2.05, 4.69) is 0 Å². The van der Waals surface area contributed by atoms with E-state index in [9.17, 15) is 15.0 Å². The molecular formula is C21H16O3. The predicted molar refractivity (Wildman–Crippen MR) is 94.9 cm³/mol. The van der Waals surface area contributed by atoms with E-state index >= 15 is 0 Å². The van der Waals surface area contributed by atoms with Crippen molar-refractivity contribution in [3.05, 3.63) is 95.6 Å². The van der Waals surface area contributed by atoms with Gasteiger partial charge in [0.2, 0.25) is 0 Å². The van der Waals surface area contributed by atoms with Crippen LogP contribution in [0.3, 0.4) is 0 Å². The highest BCUT2D eigenvalue weighted by Gasteiger charge is 2.15. The standard InChI is InChI=1S/C21H16O3/c22-18-10-6-16(7-11-18)20(14-15-4-2-1-3-5-15)21(24)17-8-12-19(23)13-9-17/h1-14,22-23H/b20-14+. The van der Waals surface area contributed by atoms with Crippen molar-refractivity contribution in [3.8, 4) is 11.5 Å². The van der Waals surface area contributed by atoms with Crippen LogP contribution in [0.25, 0.3) is 11.6 Å². The molecule has 0 aromatic heterocycles. The lowest BCUT2D eigenvalue weighted by Gasteiger charge is -2.08. The number of carbonyl (C=O) groups is 1. The van der Waals surface area contributed by atoms with Gasteiger partial charge >= 0.3 is 0 Å². The molecule has 3 nitrogen and oxygen atoms in total. The molecule has 3 aromatic carbocycles. The summed E-state index contributed by atoms with van der Waals surface area (Å²) in [6.45, 7) is 0. The number of hydrogen-bond acceptors (Lipinski definition) is 3. The number of phenolic OH excluding ortho intramolecular Hbond substituents is 2. The van der Waals surface area contributed by atoms with Gasteiger partial charge in [0.25, 0.3) is 0 Å². The Balaban J connectivity index is 2.07. The Bertz CT molecular complexity index is 861. The zero-order valence-corrected chi connectivity index (χ0v) is 12.9. The molecule has 0 atom stereocenters. The van der Waals surface area contributed by atoms with Crippen LogP contribution in [0, 0.1) is 0 Å². The van der Waals surface area contributed by atoms with E-state index < -0.39 is 0 Å². The summed E-state index contributed by atoms with van der Waals surface area (Å²) in [6.07, 6.45) is 1.82. The molecule has 0 fully saturated rings. The minimum atomic E-state index is -0.149. The fourth-order valence-corrected chi connectivity index (χ4v) is 2.41. The monoisotopic (exact) mass is 316 g/mol. The van der Waals surface area contributed by atoms with Gasteiger partial charge < -0.3 is 10.2 Å². The maximum Gasteiger partial charge on any atom is 0.193 e. The van der Waals surface area contributed by atoms with Crippen LogP contribution in [0.2, 0.25) is 0 Å². The Morgan fingerprint density at radius 1 is 0.667 bits per heavy atom. The van der Waals surface area contributed by atoms with Crippen LogP contribution in [0.5, 0.6) is 11.5 Å². The Hall–Kier alpha value is -3.33. The fourth-order valence-electron chi connectivity index (χ4n) is 2.41. The lowest BCUT2D eigenvalue weighted by atomic mass is 9.94. The molecule has 0 spiro atoms. The molecule has 3 rings (SSSR count). The number of phenols is 2. The highest BCUT2D eigenvalue weighted by molar-refractivity contribution is 6.32. The average molecular weight is 316 g/mol. The smallest absolute Gasteiger partial charge is 0.193 e. The summed E-state index contributed by atoms with van der Waals surface area (Å²) in [7, 11) is 0. The number of ketones is 1. The van der Waals surface area contributed by atoms with Gasteiger partial charge in [-0.2, -0.15) is 0 Å². The van der Waals surface area contributed by atoms with Gasteiger partial charge in [-0.25, -0.2) is 0 Å². The zero-order valence-electron chi connectivity index (χ0n) is 12.9. The molecule has 3 aromatic rings. The van der Waals surface area contributed by atoms with Gasteiger partial charge in [0.1, 0.15) is 11.5 Å². The normalized spacial score (nSPS) is 11.2. The fraction of sp³-hybridized carbons (Fsp3) is 0. The number of benzene rings is 3. The number of allylic oxidation sites excluding steroid dienone is 1. The second-order valence-electron chi connectivity index (χ2n) is 5.39. The maximum atomic E-state index is 12.9. The van der Waals surface area contributed by atoms with E-state index in [4.69, 9.17) is 0 Å². The van der Waals surface area contributed by atoms with E-state index in [0.29, 0.717) is 11.1 Å². The minimum Gasteiger partial charge on any atom is -0.508 e. The summed E-state index contributed by atoms with van der Waals surface area (Å²) in [5.41, 5.74) is 2.64. The summed E-state index contributed by atoms with van der Waals surface area (Å²) in [6, 6.07) is 22.3. The van der Waals surface area contributed by atoms with E-state index in [1.165, 1.54) is 12.1 Å². The SMILES string of the molecule is O=C(/C(=C/c1ccccc1)c1ccc(O)cc1)c1ccc(O)cc1. The van der Waals surface area contributed by atoms with Crippen LogP contribution in [0.4, 0.5) is 0 Å².